The number of unbranched alkanes of at least 4 members (excludes halogenated alkanes) is 2. The first-order chi connectivity index (χ1) is 6.72. The molecule has 0 aromatic carbocycles. The maximum atomic E-state index is 9.52. The monoisotopic (exact) mass is 204 g/mol. The van der Waals surface area contributed by atoms with Crippen LogP contribution in [0, 0.1) is 0 Å². The molecule has 6 N–H and O–H groups in total. The van der Waals surface area contributed by atoms with E-state index in [1.54, 1.807) is 0 Å². The molecule has 0 saturated heterocycles. The molecule has 0 fully saturated rings. The highest BCUT2D eigenvalue weighted by molar-refractivity contribution is 4.67. The Morgan fingerprint density at radius 2 is 1.07 bits per heavy atom. The van der Waals surface area contributed by atoms with Crippen molar-refractivity contribution < 1.29 is 10.2 Å². The average Bonchev–Trinajstić information content (AvgIpc) is 2.18. The van der Waals surface area contributed by atoms with E-state index >= 15 is 0 Å². The number of nitrogens with two attached hydrogens (primary N) is 2. The van der Waals surface area contributed by atoms with Crippen molar-refractivity contribution in [1.82, 2.24) is 0 Å². The van der Waals surface area contributed by atoms with Gasteiger partial charge in [-0.1, -0.05) is 0 Å². The Bertz CT molecular complexity index is 109. The van der Waals surface area contributed by atoms with Crippen molar-refractivity contribution in [2.24, 2.45) is 11.5 Å². The Morgan fingerprint density at radius 3 is 1.36 bits per heavy atom. The predicted octanol–water partition coefficient (Wildman–Crippen LogP) is -0.0338. The Balaban J connectivity index is 3.39. The minimum atomic E-state index is -0.598. The van der Waals surface area contributed by atoms with Crippen LogP contribution < -0.4 is 11.5 Å². The molecule has 0 spiro atoms. The third-order valence-electron chi connectivity index (χ3n) is 2.35. The number of aliphatic hydroxyl groups excluding tert-OH is 2. The van der Waals surface area contributed by atoms with Crippen LogP contribution in [0.3, 0.4) is 0 Å². The van der Waals surface area contributed by atoms with E-state index in [4.69, 9.17) is 11.5 Å². The molecule has 4 heteroatoms. The number of aliphatic hydroxyl groups is 2. The van der Waals surface area contributed by atoms with Crippen LogP contribution in [0.5, 0.6) is 0 Å². The standard InChI is InChI=1S/C10H24N2O2/c11-7-3-1-5-9(13)10(14)6-2-4-8-12/h9-10,13-14H,1-8,11-12H2. The molecule has 86 valence electrons. The number of rotatable bonds is 9. The zero-order valence-electron chi connectivity index (χ0n) is 8.86. The topological polar surface area (TPSA) is 92.5 Å². The van der Waals surface area contributed by atoms with Gasteiger partial charge in [-0.2, -0.15) is 0 Å². The molecule has 0 heterocycles. The van der Waals surface area contributed by atoms with Gasteiger partial charge in [-0.3, -0.25) is 0 Å². The lowest BCUT2D eigenvalue weighted by Gasteiger charge is -2.17. The molecular formula is C10H24N2O2. The van der Waals surface area contributed by atoms with Crippen LogP contribution in [0.4, 0.5) is 0 Å². The van der Waals surface area contributed by atoms with Crippen LogP contribution in [0.1, 0.15) is 38.5 Å². The highest BCUT2D eigenvalue weighted by atomic mass is 16.3. The molecule has 4 nitrogen and oxygen atoms in total. The summed E-state index contributed by atoms with van der Waals surface area (Å²) in [5, 5.41) is 19.0. The fraction of sp³-hybridized carbons (Fsp3) is 1.00. The zero-order chi connectivity index (χ0) is 10.8. The highest BCUT2D eigenvalue weighted by Gasteiger charge is 2.14. The van der Waals surface area contributed by atoms with Crippen molar-refractivity contribution in [3.63, 3.8) is 0 Å². The van der Waals surface area contributed by atoms with Gasteiger partial charge in [0.2, 0.25) is 0 Å². The van der Waals surface area contributed by atoms with E-state index < -0.39 is 12.2 Å². The van der Waals surface area contributed by atoms with Crippen LogP contribution in [0.15, 0.2) is 0 Å². The smallest absolute Gasteiger partial charge is 0.0799 e. The summed E-state index contributed by atoms with van der Waals surface area (Å²) in [7, 11) is 0. The van der Waals surface area contributed by atoms with Crippen LogP contribution in [-0.4, -0.2) is 35.5 Å². The summed E-state index contributed by atoms with van der Waals surface area (Å²) in [6.07, 6.45) is 3.66. The quantitative estimate of drug-likeness (QED) is 0.397. The van der Waals surface area contributed by atoms with E-state index in [1.165, 1.54) is 0 Å². The molecule has 0 aromatic heterocycles. The second-order valence-electron chi connectivity index (χ2n) is 3.70. The van der Waals surface area contributed by atoms with Crippen molar-refractivity contribution in [2.45, 2.75) is 50.7 Å². The molecule has 2 unspecified atom stereocenters. The second-order valence-corrected chi connectivity index (χ2v) is 3.70. The molecule has 0 aliphatic heterocycles. The Labute approximate surface area is 86.3 Å². The lowest BCUT2D eigenvalue weighted by Crippen LogP contribution is -2.26. The van der Waals surface area contributed by atoms with Crippen molar-refractivity contribution >= 4 is 0 Å². The zero-order valence-corrected chi connectivity index (χ0v) is 8.86. The fourth-order valence-electron chi connectivity index (χ4n) is 1.38. The molecule has 0 aliphatic carbocycles. The Kier molecular flexibility index (Phi) is 9.29. The largest absolute Gasteiger partial charge is 0.390 e. The highest BCUT2D eigenvalue weighted by Crippen LogP contribution is 2.10. The van der Waals surface area contributed by atoms with Crippen LogP contribution in [0.25, 0.3) is 0 Å². The van der Waals surface area contributed by atoms with Gasteiger partial charge in [-0.15, -0.1) is 0 Å². The number of hydrogen-bond donors (Lipinski definition) is 4. The molecule has 0 saturated carbocycles. The Hall–Kier alpha value is -0.160. The van der Waals surface area contributed by atoms with Crippen LogP contribution in [-0.2, 0) is 0 Å². The number of hydrogen-bond acceptors (Lipinski definition) is 4. The van der Waals surface area contributed by atoms with E-state index in [0.717, 1.165) is 25.7 Å². The first-order valence-electron chi connectivity index (χ1n) is 5.48. The Morgan fingerprint density at radius 1 is 0.714 bits per heavy atom. The summed E-state index contributed by atoms with van der Waals surface area (Å²) in [6.45, 7) is 1.30. The maximum absolute atomic E-state index is 9.52. The van der Waals surface area contributed by atoms with E-state index in [2.05, 4.69) is 0 Å². The molecule has 2 atom stereocenters. The summed E-state index contributed by atoms with van der Waals surface area (Å²) >= 11 is 0. The molecule has 0 radical (unpaired) electrons. The molecule has 14 heavy (non-hydrogen) atoms. The lowest BCUT2D eigenvalue weighted by atomic mass is 10.0. The van der Waals surface area contributed by atoms with Crippen molar-refractivity contribution in [3.8, 4) is 0 Å². The van der Waals surface area contributed by atoms with Gasteiger partial charge in [0.15, 0.2) is 0 Å². The predicted molar refractivity (Wildman–Crippen MR) is 57.8 cm³/mol. The normalized spacial score (nSPS) is 15.4. The minimum absolute atomic E-state index is 0.598. The summed E-state index contributed by atoms with van der Waals surface area (Å²) < 4.78 is 0. The first-order valence-corrected chi connectivity index (χ1v) is 5.48. The second kappa shape index (κ2) is 9.40. The minimum Gasteiger partial charge on any atom is -0.390 e. The van der Waals surface area contributed by atoms with Gasteiger partial charge < -0.3 is 21.7 Å². The van der Waals surface area contributed by atoms with Crippen molar-refractivity contribution in [1.29, 1.82) is 0 Å². The van der Waals surface area contributed by atoms with Gasteiger partial charge in [-0.05, 0) is 51.6 Å². The van der Waals surface area contributed by atoms with Crippen LogP contribution >= 0.6 is 0 Å². The van der Waals surface area contributed by atoms with Gasteiger partial charge in [0.1, 0.15) is 0 Å². The van der Waals surface area contributed by atoms with Gasteiger partial charge >= 0.3 is 0 Å². The maximum Gasteiger partial charge on any atom is 0.0799 e. The summed E-state index contributed by atoms with van der Waals surface area (Å²) in [6, 6.07) is 0. The van der Waals surface area contributed by atoms with E-state index in [1.807, 2.05) is 0 Å². The van der Waals surface area contributed by atoms with Crippen LogP contribution in [0.2, 0.25) is 0 Å². The third kappa shape index (κ3) is 7.26. The molecule has 0 amide bonds. The molecular weight excluding hydrogens is 180 g/mol. The lowest BCUT2D eigenvalue weighted by molar-refractivity contribution is 0.00747. The summed E-state index contributed by atoms with van der Waals surface area (Å²) in [5.41, 5.74) is 10.7. The molecule has 0 rings (SSSR count). The van der Waals surface area contributed by atoms with Gasteiger partial charge in [0.05, 0.1) is 12.2 Å². The SMILES string of the molecule is NCCCCC(O)C(O)CCCCN. The van der Waals surface area contributed by atoms with Crippen molar-refractivity contribution in [3.05, 3.63) is 0 Å². The summed E-state index contributed by atoms with van der Waals surface area (Å²) in [5.74, 6) is 0. The molecule has 0 bridgehead atoms. The van der Waals surface area contributed by atoms with Crippen molar-refractivity contribution in [2.75, 3.05) is 13.1 Å². The molecule has 0 aromatic rings. The molecule has 0 aliphatic rings. The van der Waals surface area contributed by atoms with Gasteiger partial charge in [0.25, 0.3) is 0 Å². The fourth-order valence-corrected chi connectivity index (χ4v) is 1.38. The summed E-state index contributed by atoms with van der Waals surface area (Å²) in [4.78, 5) is 0. The van der Waals surface area contributed by atoms with Gasteiger partial charge in [0, 0.05) is 0 Å². The van der Waals surface area contributed by atoms with Gasteiger partial charge in [-0.25, -0.2) is 0 Å². The van der Waals surface area contributed by atoms with E-state index in [0.29, 0.717) is 25.9 Å². The van der Waals surface area contributed by atoms with E-state index in [-0.39, 0.29) is 0 Å². The average molecular weight is 204 g/mol. The first kappa shape index (κ1) is 13.8. The third-order valence-corrected chi connectivity index (χ3v) is 2.35. The van der Waals surface area contributed by atoms with E-state index in [9.17, 15) is 10.2 Å².